The van der Waals surface area contributed by atoms with Crippen molar-refractivity contribution >= 4 is 21.9 Å². The summed E-state index contributed by atoms with van der Waals surface area (Å²) in [5.41, 5.74) is 2.02. The van der Waals surface area contributed by atoms with Crippen LogP contribution in [0.5, 0.6) is 0 Å². The van der Waals surface area contributed by atoms with Gasteiger partial charge in [0.25, 0.3) is 0 Å². The molecule has 1 amide bonds. The van der Waals surface area contributed by atoms with Gasteiger partial charge in [0, 0.05) is 45.1 Å². The van der Waals surface area contributed by atoms with Crippen LogP contribution >= 0.6 is 0 Å². The predicted octanol–water partition coefficient (Wildman–Crippen LogP) is 0.902. The lowest BCUT2D eigenvalue weighted by Gasteiger charge is -2.40. The Morgan fingerprint density at radius 3 is 2.34 bits per heavy atom. The second-order valence-electron chi connectivity index (χ2n) is 7.30. The molecular weight excluding hydrogens is 390 g/mol. The molecule has 1 aromatic carbocycles. The number of rotatable bonds is 4. The van der Waals surface area contributed by atoms with E-state index in [9.17, 15) is 13.2 Å². The van der Waals surface area contributed by atoms with Gasteiger partial charge in [0.05, 0.1) is 5.75 Å². The second-order valence-corrected chi connectivity index (χ2v) is 9.51. The first kappa shape index (κ1) is 19.8. The number of nitrogens with zero attached hydrogens (tertiary/aromatic N) is 5. The Kier molecular flexibility index (Phi) is 5.51. The number of hydrogen-bond acceptors (Lipinski definition) is 6. The monoisotopic (exact) mass is 415 g/mol. The van der Waals surface area contributed by atoms with Gasteiger partial charge in [0.2, 0.25) is 21.9 Å². The summed E-state index contributed by atoms with van der Waals surface area (Å²) in [7, 11) is -3.50. The van der Waals surface area contributed by atoms with E-state index in [0.29, 0.717) is 38.5 Å². The molecule has 1 aromatic heterocycles. The zero-order chi connectivity index (χ0) is 20.4. The van der Waals surface area contributed by atoms with Crippen molar-refractivity contribution in [1.82, 2.24) is 19.2 Å². The molecule has 3 heterocycles. The Labute approximate surface area is 171 Å². The highest BCUT2D eigenvalue weighted by molar-refractivity contribution is 7.89. The molecule has 8 nitrogen and oxygen atoms in total. The summed E-state index contributed by atoms with van der Waals surface area (Å²) >= 11 is 0. The molecule has 1 fully saturated rings. The van der Waals surface area contributed by atoms with E-state index in [1.54, 1.807) is 30.3 Å². The number of benzene rings is 1. The third kappa shape index (κ3) is 3.97. The second kappa shape index (κ2) is 8.08. The topological polar surface area (TPSA) is 86.7 Å². The molecule has 9 heteroatoms. The lowest BCUT2D eigenvalue weighted by Crippen LogP contribution is -2.57. The van der Waals surface area contributed by atoms with E-state index < -0.39 is 16.1 Å². The number of sulfonamides is 1. The number of hydrogen-bond donors (Lipinski definition) is 0. The van der Waals surface area contributed by atoms with Crippen LogP contribution < -0.4 is 4.90 Å². The van der Waals surface area contributed by atoms with Crippen molar-refractivity contribution in [3.8, 4) is 0 Å². The van der Waals surface area contributed by atoms with Crippen LogP contribution in [0.1, 0.15) is 18.1 Å². The van der Waals surface area contributed by atoms with E-state index in [1.165, 1.54) is 4.31 Å². The summed E-state index contributed by atoms with van der Waals surface area (Å²) in [6.45, 7) is 4.17. The van der Waals surface area contributed by atoms with Gasteiger partial charge in [-0.1, -0.05) is 24.3 Å². The Bertz CT molecular complexity index is 975. The third-order valence-corrected chi connectivity index (χ3v) is 7.47. The van der Waals surface area contributed by atoms with Crippen LogP contribution in [0.15, 0.2) is 42.7 Å². The van der Waals surface area contributed by atoms with Gasteiger partial charge in [-0.25, -0.2) is 18.4 Å². The highest BCUT2D eigenvalue weighted by atomic mass is 32.2. The summed E-state index contributed by atoms with van der Waals surface area (Å²) in [6, 6.07) is 8.84. The minimum absolute atomic E-state index is 0.0158. The largest absolute Gasteiger partial charge is 0.338 e. The fourth-order valence-corrected chi connectivity index (χ4v) is 5.18. The van der Waals surface area contributed by atoms with Crippen molar-refractivity contribution in [3.63, 3.8) is 0 Å². The van der Waals surface area contributed by atoms with E-state index in [1.807, 2.05) is 29.2 Å². The minimum Gasteiger partial charge on any atom is -0.338 e. The molecule has 29 heavy (non-hydrogen) atoms. The molecule has 1 unspecified atom stereocenters. The minimum atomic E-state index is -3.50. The first-order valence-corrected chi connectivity index (χ1v) is 11.5. The molecule has 0 aliphatic carbocycles. The molecule has 0 bridgehead atoms. The Morgan fingerprint density at radius 2 is 1.69 bits per heavy atom. The molecule has 0 saturated carbocycles. The van der Waals surface area contributed by atoms with E-state index in [0.717, 1.165) is 11.1 Å². The van der Waals surface area contributed by atoms with Gasteiger partial charge in [-0.05, 0) is 30.5 Å². The number of amides is 1. The number of carbonyl (C=O) groups is 1. The van der Waals surface area contributed by atoms with Crippen LogP contribution in [0.25, 0.3) is 0 Å². The summed E-state index contributed by atoms with van der Waals surface area (Å²) in [5.74, 6) is 0.518. The third-order valence-electron chi connectivity index (χ3n) is 5.64. The number of carbonyl (C=O) groups excluding carboxylic acids is 1. The first-order chi connectivity index (χ1) is 14.0. The van der Waals surface area contributed by atoms with Crippen molar-refractivity contribution in [3.05, 3.63) is 53.9 Å². The molecule has 154 valence electrons. The fourth-order valence-electron chi connectivity index (χ4n) is 3.96. The average molecular weight is 416 g/mol. The molecule has 0 N–H and O–H groups in total. The SMILES string of the molecule is CCS(=O)(=O)N1Cc2ccccc2CC1C(=O)N1CCN(c2ncccn2)CC1. The predicted molar refractivity (Wildman–Crippen MR) is 110 cm³/mol. The Morgan fingerprint density at radius 1 is 1.03 bits per heavy atom. The standard InChI is InChI=1S/C20H25N5O3S/c1-2-29(27,28)25-15-17-7-4-3-6-16(17)14-18(25)19(26)23-10-12-24(13-11-23)20-21-8-5-9-22-20/h3-9,18H,2,10-15H2,1H3. The normalized spacial score (nSPS) is 20.4. The lowest BCUT2D eigenvalue weighted by molar-refractivity contribution is -0.136. The van der Waals surface area contributed by atoms with Gasteiger partial charge < -0.3 is 9.80 Å². The van der Waals surface area contributed by atoms with Crippen LogP contribution in [0.3, 0.4) is 0 Å². The molecule has 0 spiro atoms. The van der Waals surface area contributed by atoms with Gasteiger partial charge in [-0.3, -0.25) is 4.79 Å². The van der Waals surface area contributed by atoms with Crippen LogP contribution in [0, 0.1) is 0 Å². The van der Waals surface area contributed by atoms with E-state index in [2.05, 4.69) is 9.97 Å². The quantitative estimate of drug-likeness (QED) is 0.738. The van der Waals surface area contributed by atoms with Crippen molar-refractivity contribution in [2.45, 2.75) is 25.9 Å². The molecular formula is C20H25N5O3S. The van der Waals surface area contributed by atoms with Crippen molar-refractivity contribution in [1.29, 1.82) is 0 Å². The molecule has 2 aliphatic heterocycles. The van der Waals surface area contributed by atoms with E-state index >= 15 is 0 Å². The van der Waals surface area contributed by atoms with Crippen LogP contribution in [-0.2, 0) is 27.8 Å². The molecule has 1 saturated heterocycles. The molecule has 2 aromatic rings. The number of fused-ring (bicyclic) bond motifs is 1. The Balaban J connectivity index is 1.52. The Hall–Kier alpha value is -2.52. The highest BCUT2D eigenvalue weighted by Gasteiger charge is 2.40. The maximum atomic E-state index is 13.3. The van der Waals surface area contributed by atoms with Crippen molar-refractivity contribution < 1.29 is 13.2 Å². The highest BCUT2D eigenvalue weighted by Crippen LogP contribution is 2.27. The van der Waals surface area contributed by atoms with Gasteiger partial charge in [0.15, 0.2) is 0 Å². The number of aromatic nitrogens is 2. The van der Waals surface area contributed by atoms with Crippen molar-refractivity contribution in [2.24, 2.45) is 0 Å². The first-order valence-electron chi connectivity index (χ1n) is 9.86. The molecule has 4 rings (SSSR count). The maximum Gasteiger partial charge on any atom is 0.241 e. The van der Waals surface area contributed by atoms with E-state index in [-0.39, 0.29) is 18.2 Å². The number of anilines is 1. The zero-order valence-corrected chi connectivity index (χ0v) is 17.3. The van der Waals surface area contributed by atoms with Gasteiger partial charge in [-0.15, -0.1) is 0 Å². The smallest absolute Gasteiger partial charge is 0.241 e. The molecule has 2 aliphatic rings. The zero-order valence-electron chi connectivity index (χ0n) is 16.4. The summed E-state index contributed by atoms with van der Waals surface area (Å²) in [6.07, 6.45) is 3.82. The molecule has 0 radical (unpaired) electrons. The van der Waals surface area contributed by atoms with Crippen molar-refractivity contribution in [2.75, 3.05) is 36.8 Å². The lowest BCUT2D eigenvalue weighted by atomic mass is 9.95. The fraction of sp³-hybridized carbons (Fsp3) is 0.450. The average Bonchev–Trinajstić information content (AvgIpc) is 2.78. The van der Waals surface area contributed by atoms with Gasteiger partial charge >= 0.3 is 0 Å². The van der Waals surface area contributed by atoms with Gasteiger partial charge in [0.1, 0.15) is 6.04 Å². The number of piperazine rings is 1. The summed E-state index contributed by atoms with van der Waals surface area (Å²) < 4.78 is 26.9. The maximum absolute atomic E-state index is 13.3. The van der Waals surface area contributed by atoms with Gasteiger partial charge in [-0.2, -0.15) is 4.31 Å². The summed E-state index contributed by atoms with van der Waals surface area (Å²) in [4.78, 5) is 25.7. The summed E-state index contributed by atoms with van der Waals surface area (Å²) in [5, 5.41) is 0. The van der Waals surface area contributed by atoms with Crippen LogP contribution in [-0.4, -0.2) is 71.5 Å². The van der Waals surface area contributed by atoms with E-state index in [4.69, 9.17) is 0 Å². The van der Waals surface area contributed by atoms with Crippen LogP contribution in [0.4, 0.5) is 5.95 Å². The van der Waals surface area contributed by atoms with Crippen LogP contribution in [0.2, 0.25) is 0 Å². The molecule has 1 atom stereocenters.